The summed E-state index contributed by atoms with van der Waals surface area (Å²) in [6.07, 6.45) is 1.54. The fourth-order valence-corrected chi connectivity index (χ4v) is 2.05. The largest absolute Gasteiger partial charge is 0.369 e. The highest BCUT2D eigenvalue weighted by atomic mass is 35.5. The van der Waals surface area contributed by atoms with Crippen LogP contribution in [-0.4, -0.2) is 19.0 Å². The number of amides is 1. The SMILES string of the molecule is Cl.NC(=O)Cc1ccc(C2CCNC2)cc1. The number of nitrogens with one attached hydrogen (secondary N) is 1. The highest BCUT2D eigenvalue weighted by molar-refractivity contribution is 5.85. The molecule has 0 aromatic heterocycles. The van der Waals surface area contributed by atoms with Gasteiger partial charge in [0.05, 0.1) is 6.42 Å². The van der Waals surface area contributed by atoms with Crippen LogP contribution in [0.1, 0.15) is 23.5 Å². The van der Waals surface area contributed by atoms with E-state index >= 15 is 0 Å². The van der Waals surface area contributed by atoms with Crippen molar-refractivity contribution in [3.05, 3.63) is 35.4 Å². The number of halogens is 1. The molecule has 1 atom stereocenters. The predicted molar refractivity (Wildman–Crippen MR) is 66.8 cm³/mol. The van der Waals surface area contributed by atoms with E-state index in [4.69, 9.17) is 5.73 Å². The third-order valence-electron chi connectivity index (χ3n) is 2.89. The van der Waals surface area contributed by atoms with Crippen LogP contribution in [-0.2, 0) is 11.2 Å². The molecule has 1 saturated heterocycles. The zero-order valence-electron chi connectivity index (χ0n) is 9.11. The Bertz CT molecular complexity index is 345. The number of nitrogens with two attached hydrogens (primary N) is 1. The van der Waals surface area contributed by atoms with Gasteiger partial charge in [0.25, 0.3) is 0 Å². The van der Waals surface area contributed by atoms with Crippen molar-refractivity contribution in [2.24, 2.45) is 5.73 Å². The van der Waals surface area contributed by atoms with Gasteiger partial charge in [0.1, 0.15) is 0 Å². The summed E-state index contributed by atoms with van der Waals surface area (Å²) in [5.41, 5.74) is 7.49. The zero-order chi connectivity index (χ0) is 10.7. The summed E-state index contributed by atoms with van der Waals surface area (Å²) >= 11 is 0. The number of carbonyl (C=O) groups is 1. The van der Waals surface area contributed by atoms with Crippen LogP contribution in [0.4, 0.5) is 0 Å². The maximum absolute atomic E-state index is 10.7. The molecule has 1 heterocycles. The van der Waals surface area contributed by atoms with Gasteiger partial charge in [-0.25, -0.2) is 0 Å². The Labute approximate surface area is 102 Å². The Morgan fingerprint density at radius 2 is 2.06 bits per heavy atom. The molecule has 4 heteroatoms. The third kappa shape index (κ3) is 3.22. The second-order valence-corrected chi connectivity index (χ2v) is 4.07. The van der Waals surface area contributed by atoms with Crippen molar-refractivity contribution in [2.45, 2.75) is 18.8 Å². The predicted octanol–water partition coefficient (Wildman–Crippen LogP) is 1.21. The fourth-order valence-electron chi connectivity index (χ4n) is 2.05. The second kappa shape index (κ2) is 5.87. The maximum atomic E-state index is 10.7. The molecule has 0 saturated carbocycles. The van der Waals surface area contributed by atoms with Crippen molar-refractivity contribution in [1.29, 1.82) is 0 Å². The number of carbonyl (C=O) groups excluding carboxylic acids is 1. The van der Waals surface area contributed by atoms with E-state index in [0.717, 1.165) is 18.7 Å². The normalized spacial score (nSPS) is 19.1. The number of benzene rings is 1. The first-order valence-corrected chi connectivity index (χ1v) is 5.33. The second-order valence-electron chi connectivity index (χ2n) is 4.07. The average Bonchev–Trinajstić information content (AvgIpc) is 2.71. The van der Waals surface area contributed by atoms with Gasteiger partial charge in [-0.1, -0.05) is 24.3 Å². The molecule has 0 aliphatic carbocycles. The lowest BCUT2D eigenvalue weighted by Crippen LogP contribution is -2.13. The van der Waals surface area contributed by atoms with Gasteiger partial charge in [-0.2, -0.15) is 0 Å². The quantitative estimate of drug-likeness (QED) is 0.835. The molecule has 16 heavy (non-hydrogen) atoms. The Kier molecular flexibility index (Phi) is 4.77. The molecule has 1 aromatic carbocycles. The summed E-state index contributed by atoms with van der Waals surface area (Å²) in [5, 5.41) is 3.34. The van der Waals surface area contributed by atoms with Crippen molar-refractivity contribution in [3.63, 3.8) is 0 Å². The van der Waals surface area contributed by atoms with Crippen LogP contribution in [0.15, 0.2) is 24.3 Å². The van der Waals surface area contributed by atoms with Gasteiger partial charge in [0.2, 0.25) is 5.91 Å². The molecule has 1 aliphatic rings. The van der Waals surface area contributed by atoms with Gasteiger partial charge >= 0.3 is 0 Å². The number of hydrogen-bond acceptors (Lipinski definition) is 2. The van der Waals surface area contributed by atoms with Gasteiger partial charge in [-0.15, -0.1) is 12.4 Å². The van der Waals surface area contributed by atoms with E-state index < -0.39 is 0 Å². The Morgan fingerprint density at radius 3 is 2.56 bits per heavy atom. The van der Waals surface area contributed by atoms with Crippen LogP contribution in [0.2, 0.25) is 0 Å². The Hall–Kier alpha value is -1.06. The first-order chi connectivity index (χ1) is 7.25. The van der Waals surface area contributed by atoms with Crippen LogP contribution in [0.3, 0.4) is 0 Å². The summed E-state index contributed by atoms with van der Waals surface area (Å²) in [4.78, 5) is 10.7. The molecule has 1 amide bonds. The monoisotopic (exact) mass is 240 g/mol. The van der Waals surface area contributed by atoms with Gasteiger partial charge < -0.3 is 11.1 Å². The van der Waals surface area contributed by atoms with Crippen molar-refractivity contribution in [3.8, 4) is 0 Å². The first-order valence-electron chi connectivity index (χ1n) is 5.33. The van der Waals surface area contributed by atoms with Crippen molar-refractivity contribution < 1.29 is 4.79 Å². The summed E-state index contributed by atoms with van der Waals surface area (Å²) in [6.45, 7) is 2.17. The molecule has 1 fully saturated rings. The number of rotatable bonds is 3. The number of hydrogen-bond donors (Lipinski definition) is 2. The molecule has 1 aromatic rings. The van der Waals surface area contributed by atoms with Gasteiger partial charge in [0, 0.05) is 6.54 Å². The molecule has 3 nitrogen and oxygen atoms in total. The highest BCUT2D eigenvalue weighted by Gasteiger charge is 2.15. The smallest absolute Gasteiger partial charge is 0.221 e. The maximum Gasteiger partial charge on any atom is 0.221 e. The fraction of sp³-hybridized carbons (Fsp3) is 0.417. The van der Waals surface area contributed by atoms with E-state index in [1.54, 1.807) is 0 Å². The zero-order valence-corrected chi connectivity index (χ0v) is 9.93. The van der Waals surface area contributed by atoms with E-state index in [0.29, 0.717) is 12.3 Å². The molecular formula is C12H17ClN2O. The minimum absolute atomic E-state index is 0. The molecule has 2 rings (SSSR count). The standard InChI is InChI=1S/C12H16N2O.ClH/c13-12(15)7-9-1-3-10(4-2-9)11-5-6-14-8-11;/h1-4,11,14H,5-8H2,(H2,13,15);1H. The van der Waals surface area contributed by atoms with Crippen LogP contribution >= 0.6 is 12.4 Å². The number of primary amides is 1. The van der Waals surface area contributed by atoms with Gasteiger partial charge in [-0.3, -0.25) is 4.79 Å². The first kappa shape index (κ1) is 13.0. The lowest BCUT2D eigenvalue weighted by Gasteiger charge is -2.08. The lowest BCUT2D eigenvalue weighted by molar-refractivity contribution is -0.117. The molecule has 0 spiro atoms. The molecule has 88 valence electrons. The summed E-state index contributed by atoms with van der Waals surface area (Å²) in [6, 6.07) is 8.21. The summed E-state index contributed by atoms with van der Waals surface area (Å²) in [5.74, 6) is 0.359. The molecule has 0 bridgehead atoms. The van der Waals surface area contributed by atoms with Crippen LogP contribution in [0.5, 0.6) is 0 Å². The van der Waals surface area contributed by atoms with Crippen molar-refractivity contribution >= 4 is 18.3 Å². The van der Waals surface area contributed by atoms with Crippen LogP contribution < -0.4 is 11.1 Å². The van der Waals surface area contributed by atoms with Crippen LogP contribution in [0, 0.1) is 0 Å². The minimum atomic E-state index is -0.273. The Balaban J connectivity index is 0.00000128. The van der Waals surface area contributed by atoms with E-state index in [1.807, 2.05) is 12.1 Å². The highest BCUT2D eigenvalue weighted by Crippen LogP contribution is 2.22. The molecule has 3 N–H and O–H groups in total. The summed E-state index contributed by atoms with van der Waals surface area (Å²) in [7, 11) is 0. The van der Waals surface area contributed by atoms with E-state index in [1.165, 1.54) is 12.0 Å². The molecule has 1 unspecified atom stereocenters. The van der Waals surface area contributed by atoms with Gasteiger partial charge in [0.15, 0.2) is 0 Å². The lowest BCUT2D eigenvalue weighted by atomic mass is 9.97. The van der Waals surface area contributed by atoms with Crippen molar-refractivity contribution in [1.82, 2.24) is 5.32 Å². The Morgan fingerprint density at radius 1 is 1.38 bits per heavy atom. The third-order valence-corrected chi connectivity index (χ3v) is 2.89. The van der Waals surface area contributed by atoms with Crippen molar-refractivity contribution in [2.75, 3.05) is 13.1 Å². The van der Waals surface area contributed by atoms with E-state index in [2.05, 4.69) is 17.4 Å². The minimum Gasteiger partial charge on any atom is -0.369 e. The average molecular weight is 241 g/mol. The van der Waals surface area contributed by atoms with Gasteiger partial charge in [-0.05, 0) is 30.0 Å². The van der Waals surface area contributed by atoms with E-state index in [9.17, 15) is 4.79 Å². The molecule has 0 radical (unpaired) electrons. The molecule has 1 aliphatic heterocycles. The topological polar surface area (TPSA) is 55.1 Å². The van der Waals surface area contributed by atoms with E-state index in [-0.39, 0.29) is 18.3 Å². The summed E-state index contributed by atoms with van der Waals surface area (Å²) < 4.78 is 0. The van der Waals surface area contributed by atoms with Crippen LogP contribution in [0.25, 0.3) is 0 Å². The molecular weight excluding hydrogens is 224 g/mol.